The van der Waals surface area contributed by atoms with Crippen molar-refractivity contribution in [2.45, 2.75) is 20.8 Å². The topological polar surface area (TPSA) is 55.0 Å². The molecule has 86 valence electrons. The molecule has 16 heavy (non-hydrogen) atoms. The van der Waals surface area contributed by atoms with Crippen LogP contribution >= 0.6 is 0 Å². The van der Waals surface area contributed by atoms with Gasteiger partial charge in [0.15, 0.2) is 0 Å². The van der Waals surface area contributed by atoms with Gasteiger partial charge in [-0.2, -0.15) is 0 Å². The number of imidazole rings is 1. The van der Waals surface area contributed by atoms with Crippen LogP contribution in [0.4, 0.5) is 0 Å². The second-order valence-corrected chi connectivity index (χ2v) is 3.05. The monoisotopic (exact) mass is 220 g/mol. The summed E-state index contributed by atoms with van der Waals surface area (Å²) in [5, 5.41) is 0. The lowest BCUT2D eigenvalue weighted by molar-refractivity contribution is 0.0588. The van der Waals surface area contributed by atoms with E-state index in [9.17, 15) is 4.79 Å². The lowest BCUT2D eigenvalue weighted by Gasteiger charge is -1.90. The van der Waals surface area contributed by atoms with Gasteiger partial charge < -0.3 is 9.72 Å². The van der Waals surface area contributed by atoms with E-state index in [1.807, 2.05) is 39.0 Å². The second kappa shape index (κ2) is 5.30. The maximum Gasteiger partial charge on any atom is 0.374 e. The summed E-state index contributed by atoms with van der Waals surface area (Å²) in [5.74, 6) is -0.197. The van der Waals surface area contributed by atoms with Crippen LogP contribution in [0.15, 0.2) is 18.2 Å². The van der Waals surface area contributed by atoms with E-state index >= 15 is 0 Å². The molecule has 1 N–H and O–H groups in total. The molecule has 4 nitrogen and oxygen atoms in total. The fraction of sp³-hybridized carbons (Fsp3) is 0.333. The van der Waals surface area contributed by atoms with Gasteiger partial charge in [0.25, 0.3) is 0 Å². The minimum Gasteiger partial charge on any atom is -0.463 e. The van der Waals surface area contributed by atoms with Crippen LogP contribution in [0.5, 0.6) is 0 Å². The Morgan fingerprint density at radius 2 is 2.06 bits per heavy atom. The van der Waals surface area contributed by atoms with Gasteiger partial charge in [-0.25, -0.2) is 9.78 Å². The van der Waals surface area contributed by atoms with Gasteiger partial charge in [0, 0.05) is 0 Å². The summed E-state index contributed by atoms with van der Waals surface area (Å²) in [7, 11) is 1.34. The number of H-pyrrole nitrogens is 1. The normalized spacial score (nSPS) is 9.50. The van der Waals surface area contributed by atoms with Crippen LogP contribution in [0, 0.1) is 6.92 Å². The first kappa shape index (κ1) is 12.2. The van der Waals surface area contributed by atoms with E-state index < -0.39 is 5.97 Å². The molecule has 0 aliphatic rings. The highest BCUT2D eigenvalue weighted by Gasteiger charge is 2.11. The minimum absolute atomic E-state index is 0.247. The number of hydrogen-bond acceptors (Lipinski definition) is 3. The van der Waals surface area contributed by atoms with E-state index in [1.54, 1.807) is 0 Å². The third kappa shape index (κ3) is 2.21. The fourth-order valence-electron chi connectivity index (χ4n) is 1.37. The Kier molecular flexibility index (Phi) is 4.05. The number of benzene rings is 1. The van der Waals surface area contributed by atoms with E-state index in [1.165, 1.54) is 7.11 Å². The highest BCUT2D eigenvalue weighted by Crippen LogP contribution is 2.15. The number of carbonyl (C=O) groups excluding carboxylic acids is 1. The van der Waals surface area contributed by atoms with E-state index in [0.29, 0.717) is 0 Å². The number of nitrogens with zero attached hydrogens (tertiary/aromatic N) is 1. The molecule has 0 saturated carbocycles. The first-order chi connectivity index (χ1) is 7.72. The molecule has 1 aromatic heterocycles. The predicted molar refractivity (Wildman–Crippen MR) is 63.5 cm³/mol. The molecule has 0 fully saturated rings. The van der Waals surface area contributed by atoms with Gasteiger partial charge in [0.1, 0.15) is 0 Å². The van der Waals surface area contributed by atoms with Crippen molar-refractivity contribution in [3.05, 3.63) is 29.6 Å². The Hall–Kier alpha value is -1.84. The predicted octanol–water partition coefficient (Wildman–Crippen LogP) is 2.68. The minimum atomic E-state index is -0.444. The number of fused-ring (bicyclic) bond motifs is 1. The Labute approximate surface area is 94.6 Å². The van der Waals surface area contributed by atoms with Gasteiger partial charge in [-0.1, -0.05) is 26.0 Å². The van der Waals surface area contributed by atoms with Crippen molar-refractivity contribution < 1.29 is 9.53 Å². The molecule has 0 radical (unpaired) electrons. The Morgan fingerprint density at radius 3 is 2.62 bits per heavy atom. The standard InChI is InChI=1S/C10H10N2O2.C2H6/c1-6-4-3-5-7-8(6)12-9(11-7)10(13)14-2;1-2/h3-5H,1-2H3,(H,11,12);1-2H3. The summed E-state index contributed by atoms with van der Waals surface area (Å²) >= 11 is 0. The number of aromatic nitrogens is 2. The zero-order valence-corrected chi connectivity index (χ0v) is 10.00. The van der Waals surface area contributed by atoms with E-state index in [2.05, 4.69) is 14.7 Å². The lowest BCUT2D eigenvalue weighted by atomic mass is 10.2. The number of aromatic amines is 1. The van der Waals surface area contributed by atoms with Crippen molar-refractivity contribution in [3.8, 4) is 0 Å². The lowest BCUT2D eigenvalue weighted by Crippen LogP contribution is -2.02. The van der Waals surface area contributed by atoms with Gasteiger partial charge in [0.2, 0.25) is 5.82 Å². The number of esters is 1. The Bertz CT molecular complexity index is 489. The molecule has 4 heteroatoms. The van der Waals surface area contributed by atoms with Crippen LogP contribution in [-0.2, 0) is 4.74 Å². The fourth-order valence-corrected chi connectivity index (χ4v) is 1.37. The number of carbonyl (C=O) groups is 1. The average molecular weight is 220 g/mol. The van der Waals surface area contributed by atoms with E-state index in [4.69, 9.17) is 0 Å². The van der Waals surface area contributed by atoms with Crippen LogP contribution in [0.2, 0.25) is 0 Å². The first-order valence-corrected chi connectivity index (χ1v) is 5.26. The molecule has 0 spiro atoms. The van der Waals surface area contributed by atoms with E-state index in [0.717, 1.165) is 16.6 Å². The summed E-state index contributed by atoms with van der Waals surface area (Å²) in [6, 6.07) is 5.74. The summed E-state index contributed by atoms with van der Waals surface area (Å²) in [5.41, 5.74) is 2.70. The highest BCUT2D eigenvalue weighted by molar-refractivity contribution is 5.90. The van der Waals surface area contributed by atoms with Crippen molar-refractivity contribution in [1.82, 2.24) is 9.97 Å². The van der Waals surface area contributed by atoms with Crippen molar-refractivity contribution in [2.24, 2.45) is 0 Å². The van der Waals surface area contributed by atoms with Gasteiger partial charge in [-0.3, -0.25) is 0 Å². The first-order valence-electron chi connectivity index (χ1n) is 5.26. The van der Waals surface area contributed by atoms with Crippen LogP contribution in [-0.4, -0.2) is 23.0 Å². The van der Waals surface area contributed by atoms with Crippen LogP contribution in [0.25, 0.3) is 11.0 Å². The number of ether oxygens (including phenoxy) is 1. The number of rotatable bonds is 1. The smallest absolute Gasteiger partial charge is 0.374 e. The molecule has 0 atom stereocenters. The number of aryl methyl sites for hydroxylation is 1. The third-order valence-corrected chi connectivity index (χ3v) is 2.09. The summed E-state index contributed by atoms with van der Waals surface area (Å²) in [6.45, 7) is 5.95. The molecule has 2 aromatic rings. The quantitative estimate of drug-likeness (QED) is 0.752. The molecule has 0 bridgehead atoms. The molecule has 0 unspecified atom stereocenters. The number of para-hydroxylation sites is 1. The molecular formula is C12H16N2O2. The van der Waals surface area contributed by atoms with Crippen LogP contribution in [0.1, 0.15) is 30.0 Å². The molecule has 1 heterocycles. The molecule has 1 aromatic carbocycles. The molecule has 0 aliphatic carbocycles. The summed E-state index contributed by atoms with van der Waals surface area (Å²) in [4.78, 5) is 18.2. The van der Waals surface area contributed by atoms with E-state index in [-0.39, 0.29) is 5.82 Å². The molecule has 0 saturated heterocycles. The van der Waals surface area contributed by atoms with Crippen molar-refractivity contribution in [1.29, 1.82) is 0 Å². The second-order valence-electron chi connectivity index (χ2n) is 3.05. The average Bonchev–Trinajstić information content (AvgIpc) is 2.76. The maximum absolute atomic E-state index is 11.2. The SMILES string of the molecule is CC.COC(=O)c1nc2c(C)cccc2[nH]1. The van der Waals surface area contributed by atoms with Gasteiger partial charge >= 0.3 is 5.97 Å². The van der Waals surface area contributed by atoms with Gasteiger partial charge in [0.05, 0.1) is 18.1 Å². The maximum atomic E-state index is 11.2. The zero-order valence-electron chi connectivity index (χ0n) is 10.00. The molecule has 0 aliphatic heterocycles. The van der Waals surface area contributed by atoms with Crippen molar-refractivity contribution in [3.63, 3.8) is 0 Å². The molecular weight excluding hydrogens is 204 g/mol. The van der Waals surface area contributed by atoms with Crippen LogP contribution < -0.4 is 0 Å². The molecule has 2 rings (SSSR count). The number of hydrogen-bond donors (Lipinski definition) is 1. The number of methoxy groups -OCH3 is 1. The van der Waals surface area contributed by atoms with Gasteiger partial charge in [-0.15, -0.1) is 0 Å². The number of nitrogens with one attached hydrogen (secondary N) is 1. The van der Waals surface area contributed by atoms with Crippen molar-refractivity contribution >= 4 is 17.0 Å². The Balaban J connectivity index is 0.000000606. The molecule has 0 amide bonds. The van der Waals surface area contributed by atoms with Gasteiger partial charge in [-0.05, 0) is 18.6 Å². The summed E-state index contributed by atoms with van der Waals surface area (Å²) in [6.07, 6.45) is 0. The largest absolute Gasteiger partial charge is 0.463 e. The Morgan fingerprint density at radius 1 is 1.38 bits per heavy atom. The third-order valence-electron chi connectivity index (χ3n) is 2.09. The summed E-state index contributed by atoms with van der Waals surface area (Å²) < 4.78 is 4.57. The van der Waals surface area contributed by atoms with Crippen molar-refractivity contribution in [2.75, 3.05) is 7.11 Å². The highest BCUT2D eigenvalue weighted by atomic mass is 16.5. The van der Waals surface area contributed by atoms with Crippen LogP contribution in [0.3, 0.4) is 0 Å². The zero-order chi connectivity index (χ0) is 12.1.